The predicted molar refractivity (Wildman–Crippen MR) is 97.2 cm³/mol. The number of rotatable bonds is 6. The first-order valence-corrected chi connectivity index (χ1v) is 9.21. The molecule has 1 saturated heterocycles. The number of ether oxygens (including phenoxy) is 1. The van der Waals surface area contributed by atoms with Gasteiger partial charge in [-0.1, -0.05) is 13.3 Å². The summed E-state index contributed by atoms with van der Waals surface area (Å²) in [5.41, 5.74) is 6.38. The molecule has 2 fully saturated rings. The minimum Gasteiger partial charge on any atom is -0.373 e. The number of primary amides is 1. The molecule has 1 aromatic heterocycles. The summed E-state index contributed by atoms with van der Waals surface area (Å²) in [6.45, 7) is 5.35. The van der Waals surface area contributed by atoms with Gasteiger partial charge in [0.2, 0.25) is 0 Å². The zero-order valence-corrected chi connectivity index (χ0v) is 15.5. The number of methoxy groups -OCH3 is 1. The van der Waals surface area contributed by atoms with Crippen LogP contribution in [0.3, 0.4) is 0 Å². The Labute approximate surface area is 150 Å². The van der Waals surface area contributed by atoms with Gasteiger partial charge in [-0.25, -0.2) is 0 Å². The monoisotopic (exact) mass is 346 g/mol. The van der Waals surface area contributed by atoms with Gasteiger partial charge in [0.05, 0.1) is 5.60 Å². The van der Waals surface area contributed by atoms with Gasteiger partial charge in [-0.15, -0.1) is 0 Å². The van der Waals surface area contributed by atoms with Crippen LogP contribution < -0.4 is 11.1 Å². The Hall–Kier alpha value is -1.50. The highest BCUT2D eigenvalue weighted by atomic mass is 16.5. The summed E-state index contributed by atoms with van der Waals surface area (Å²) < 4.78 is 6.23. The summed E-state index contributed by atoms with van der Waals surface area (Å²) in [6.07, 6.45) is 5.12. The lowest BCUT2D eigenvalue weighted by Crippen LogP contribution is -2.59. The third-order valence-electron chi connectivity index (χ3n) is 6.22. The second-order valence-electron chi connectivity index (χ2n) is 7.57. The topological polar surface area (TPSA) is 80.5 Å². The van der Waals surface area contributed by atoms with Crippen LogP contribution in [0.2, 0.25) is 0 Å². The van der Waals surface area contributed by atoms with Crippen molar-refractivity contribution in [2.75, 3.05) is 33.8 Å². The van der Waals surface area contributed by atoms with Crippen molar-refractivity contribution < 1.29 is 9.53 Å². The Balaban J connectivity index is 1.94. The fraction of sp³-hybridized carbons (Fsp3) is 0.684. The summed E-state index contributed by atoms with van der Waals surface area (Å²) in [7, 11) is 4.00. The highest BCUT2D eigenvalue weighted by Gasteiger charge is 2.48. The van der Waals surface area contributed by atoms with Gasteiger partial charge >= 0.3 is 0 Å². The van der Waals surface area contributed by atoms with Crippen molar-refractivity contribution in [3.63, 3.8) is 0 Å². The van der Waals surface area contributed by atoms with Gasteiger partial charge < -0.3 is 20.7 Å². The zero-order valence-electron chi connectivity index (χ0n) is 15.5. The number of likely N-dealkylation sites (N-methyl/N-ethyl adjacent to an activating group) is 1. The summed E-state index contributed by atoms with van der Waals surface area (Å²) in [5, 5.41) is 3.34. The third-order valence-corrected chi connectivity index (χ3v) is 6.22. The molecule has 1 aromatic rings. The molecule has 1 amide bonds. The molecule has 0 aromatic carbocycles. The number of carbonyl (C=O) groups is 1. The number of hydrogen-bond donors (Lipinski definition) is 2. The number of pyridine rings is 1. The molecule has 3 unspecified atom stereocenters. The maximum absolute atomic E-state index is 11.6. The largest absolute Gasteiger partial charge is 0.373 e. The van der Waals surface area contributed by atoms with Crippen molar-refractivity contribution in [2.45, 2.75) is 37.8 Å². The summed E-state index contributed by atoms with van der Waals surface area (Å²) in [6, 6.07) is 4.41. The van der Waals surface area contributed by atoms with Crippen molar-refractivity contribution in [3.05, 3.63) is 29.6 Å². The SMILES string of the molecule is COC1(c2ccnc(C(N)=O)c2)C(C)CCCC1CN(C)C1CNC1. The van der Waals surface area contributed by atoms with Crippen LogP contribution in [0, 0.1) is 11.8 Å². The Kier molecular flexibility index (Phi) is 5.41. The average molecular weight is 346 g/mol. The van der Waals surface area contributed by atoms with Crippen LogP contribution in [0.15, 0.2) is 18.3 Å². The second kappa shape index (κ2) is 7.40. The summed E-state index contributed by atoms with van der Waals surface area (Å²) >= 11 is 0. The molecule has 6 nitrogen and oxygen atoms in total. The molecule has 1 aliphatic carbocycles. The smallest absolute Gasteiger partial charge is 0.267 e. The average Bonchev–Trinajstić information content (AvgIpc) is 2.54. The first-order valence-electron chi connectivity index (χ1n) is 9.21. The molecule has 0 bridgehead atoms. The van der Waals surface area contributed by atoms with E-state index in [1.807, 2.05) is 12.1 Å². The van der Waals surface area contributed by atoms with Crippen molar-refractivity contribution in [1.82, 2.24) is 15.2 Å². The van der Waals surface area contributed by atoms with E-state index in [0.29, 0.717) is 23.6 Å². The van der Waals surface area contributed by atoms with Crippen LogP contribution >= 0.6 is 0 Å². The van der Waals surface area contributed by atoms with E-state index >= 15 is 0 Å². The molecule has 2 heterocycles. The standard InChI is InChI=1S/C19H30N4O2/c1-13-5-4-6-15(12-23(2)16-10-21-11-16)19(13,25-3)14-7-8-22-17(9-14)18(20)24/h7-9,13,15-16,21H,4-6,10-12H2,1-3H3,(H2,20,24). The normalized spacial score (nSPS) is 30.2. The van der Waals surface area contributed by atoms with Gasteiger partial charge in [-0.2, -0.15) is 0 Å². The molecule has 0 radical (unpaired) electrons. The van der Waals surface area contributed by atoms with E-state index in [9.17, 15) is 4.79 Å². The van der Waals surface area contributed by atoms with E-state index in [0.717, 1.165) is 38.0 Å². The fourth-order valence-electron chi connectivity index (χ4n) is 4.62. The molecule has 3 atom stereocenters. The predicted octanol–water partition coefficient (Wildman–Crippen LogP) is 1.36. The molecule has 3 rings (SSSR count). The van der Waals surface area contributed by atoms with Gasteiger partial charge in [-0.3, -0.25) is 9.78 Å². The summed E-state index contributed by atoms with van der Waals surface area (Å²) in [5.74, 6) is 0.244. The lowest BCUT2D eigenvalue weighted by Gasteiger charge is -2.50. The van der Waals surface area contributed by atoms with Crippen LogP contribution in [-0.4, -0.2) is 55.6 Å². The van der Waals surface area contributed by atoms with E-state index in [1.165, 1.54) is 6.42 Å². The first-order chi connectivity index (χ1) is 12.0. The Bertz CT molecular complexity index is 619. The molecule has 6 heteroatoms. The number of nitrogens with zero attached hydrogens (tertiary/aromatic N) is 2. The maximum atomic E-state index is 11.6. The second-order valence-corrected chi connectivity index (χ2v) is 7.57. The fourth-order valence-corrected chi connectivity index (χ4v) is 4.62. The molecule has 1 saturated carbocycles. The van der Waals surface area contributed by atoms with Crippen LogP contribution in [0.1, 0.15) is 42.2 Å². The third kappa shape index (κ3) is 3.30. The van der Waals surface area contributed by atoms with Gasteiger partial charge in [0.15, 0.2) is 0 Å². The molecule has 25 heavy (non-hydrogen) atoms. The Morgan fingerprint density at radius 2 is 2.24 bits per heavy atom. The molecule has 138 valence electrons. The maximum Gasteiger partial charge on any atom is 0.267 e. The van der Waals surface area contributed by atoms with Crippen molar-refractivity contribution in [1.29, 1.82) is 0 Å². The van der Waals surface area contributed by atoms with E-state index in [4.69, 9.17) is 10.5 Å². The van der Waals surface area contributed by atoms with Gasteiger partial charge in [0.25, 0.3) is 5.91 Å². The van der Waals surface area contributed by atoms with Gasteiger partial charge in [0, 0.05) is 44.9 Å². The number of aromatic nitrogens is 1. The summed E-state index contributed by atoms with van der Waals surface area (Å²) in [4.78, 5) is 18.2. The van der Waals surface area contributed by atoms with Gasteiger partial charge in [-0.05, 0) is 43.5 Å². The lowest BCUT2D eigenvalue weighted by molar-refractivity contribution is -0.134. The van der Waals surface area contributed by atoms with E-state index in [-0.39, 0.29) is 0 Å². The van der Waals surface area contributed by atoms with Crippen molar-refractivity contribution in [2.24, 2.45) is 17.6 Å². The quantitative estimate of drug-likeness (QED) is 0.813. The van der Waals surface area contributed by atoms with Crippen LogP contribution in [-0.2, 0) is 10.3 Å². The number of nitrogens with one attached hydrogen (secondary N) is 1. The van der Waals surface area contributed by atoms with Gasteiger partial charge in [0.1, 0.15) is 5.69 Å². The highest BCUT2D eigenvalue weighted by Crippen LogP contribution is 2.48. The number of hydrogen-bond acceptors (Lipinski definition) is 5. The molecular formula is C19H30N4O2. The lowest BCUT2D eigenvalue weighted by atomic mass is 9.65. The Morgan fingerprint density at radius 1 is 1.48 bits per heavy atom. The van der Waals surface area contributed by atoms with Crippen molar-refractivity contribution >= 4 is 5.91 Å². The van der Waals surface area contributed by atoms with E-state index in [2.05, 4.69) is 29.2 Å². The van der Waals surface area contributed by atoms with Crippen LogP contribution in [0.5, 0.6) is 0 Å². The highest BCUT2D eigenvalue weighted by molar-refractivity contribution is 5.90. The number of nitrogens with two attached hydrogens (primary N) is 1. The van der Waals surface area contributed by atoms with Crippen LogP contribution in [0.25, 0.3) is 0 Å². The minimum atomic E-state index is -0.495. The van der Waals surface area contributed by atoms with Crippen LogP contribution in [0.4, 0.5) is 0 Å². The minimum absolute atomic E-state index is 0.307. The molecule has 3 N–H and O–H groups in total. The Morgan fingerprint density at radius 3 is 2.84 bits per heavy atom. The molecular weight excluding hydrogens is 316 g/mol. The molecule has 0 spiro atoms. The number of amides is 1. The number of carbonyl (C=O) groups excluding carboxylic acids is 1. The molecule has 2 aliphatic rings. The first kappa shape index (κ1) is 18.3. The van der Waals surface area contributed by atoms with E-state index < -0.39 is 11.5 Å². The van der Waals surface area contributed by atoms with Crippen molar-refractivity contribution in [3.8, 4) is 0 Å². The van der Waals surface area contributed by atoms with E-state index in [1.54, 1.807) is 13.3 Å². The molecule has 1 aliphatic heterocycles. The zero-order chi connectivity index (χ0) is 18.0.